The average molecular weight is 340 g/mol. The van der Waals surface area contributed by atoms with Crippen LogP contribution < -0.4 is 0 Å². The van der Waals surface area contributed by atoms with Gasteiger partial charge in [0.2, 0.25) is 0 Å². The molecule has 6 rings (SSSR count). The summed E-state index contributed by atoms with van der Waals surface area (Å²) in [5.41, 5.74) is 1.14. The maximum atomic E-state index is 13.4. The molecule has 25 heavy (non-hydrogen) atoms. The lowest BCUT2D eigenvalue weighted by atomic mass is 9.77. The fraction of sp³-hybridized carbons (Fsp3) is 0.556. The number of amides is 4. The van der Waals surface area contributed by atoms with Gasteiger partial charge >= 0.3 is 12.1 Å². The van der Waals surface area contributed by atoms with Crippen LogP contribution >= 0.6 is 0 Å². The minimum Gasteiger partial charge on any atom is -0.340 e. The second-order valence-corrected chi connectivity index (χ2v) is 7.66. The van der Waals surface area contributed by atoms with Crippen molar-refractivity contribution in [1.29, 1.82) is 0 Å². The summed E-state index contributed by atoms with van der Waals surface area (Å²) >= 11 is 0. The van der Waals surface area contributed by atoms with Crippen LogP contribution in [0.3, 0.4) is 0 Å². The number of urea groups is 2. The number of benzene rings is 1. The molecule has 130 valence electrons. The van der Waals surface area contributed by atoms with Crippen molar-refractivity contribution in [3.05, 3.63) is 35.4 Å². The molecule has 0 bridgehead atoms. The van der Waals surface area contributed by atoms with E-state index >= 15 is 0 Å². The normalized spacial score (nSPS) is 35.5. The fourth-order valence-corrected chi connectivity index (χ4v) is 5.91. The van der Waals surface area contributed by atoms with E-state index in [2.05, 4.69) is 12.1 Å². The van der Waals surface area contributed by atoms with Gasteiger partial charge in [-0.2, -0.15) is 0 Å². The lowest BCUT2D eigenvalue weighted by Crippen LogP contribution is -2.70. The quantitative estimate of drug-likeness (QED) is 0.727. The van der Waals surface area contributed by atoms with Gasteiger partial charge in [0.1, 0.15) is 13.5 Å². The SMILES string of the molecule is O=C1N2COCN3C(=O)N4Cc5ccccc5CN1C41CCCCC231. The zero-order valence-corrected chi connectivity index (χ0v) is 14.0. The largest absolute Gasteiger partial charge is 0.340 e. The highest BCUT2D eigenvalue weighted by atomic mass is 16.5. The summed E-state index contributed by atoms with van der Waals surface area (Å²) in [6, 6.07) is 8.17. The average Bonchev–Trinajstić information content (AvgIpc) is 2.92. The first-order chi connectivity index (χ1) is 12.2. The molecule has 4 aliphatic heterocycles. The zero-order valence-electron chi connectivity index (χ0n) is 14.0. The molecule has 4 fully saturated rings. The van der Waals surface area contributed by atoms with Gasteiger partial charge in [0.15, 0.2) is 11.3 Å². The maximum Gasteiger partial charge on any atom is 0.326 e. The number of nitrogens with zero attached hydrogens (tertiary/aromatic N) is 4. The minimum absolute atomic E-state index is 0.000744. The standard InChI is InChI=1S/C18H20N4O3/c23-15-19-9-13-5-1-2-6-14(13)10-20-16(24)22-12-25-11-21(15)18(22)8-4-3-7-17(18,19)20/h1-2,5-6H,3-4,7-12H2. The van der Waals surface area contributed by atoms with Gasteiger partial charge in [-0.05, 0) is 36.8 Å². The van der Waals surface area contributed by atoms with Crippen LogP contribution in [-0.4, -0.2) is 56.4 Å². The number of fused-ring (bicyclic) bond motifs is 1. The molecular weight excluding hydrogens is 320 g/mol. The molecule has 0 unspecified atom stereocenters. The molecule has 0 aromatic heterocycles. The Morgan fingerprint density at radius 3 is 1.76 bits per heavy atom. The molecule has 7 heteroatoms. The van der Waals surface area contributed by atoms with Crippen LogP contribution in [0, 0.1) is 0 Å². The topological polar surface area (TPSA) is 56.3 Å². The molecule has 4 heterocycles. The Labute approximate surface area is 145 Å². The molecule has 2 spiro atoms. The van der Waals surface area contributed by atoms with Crippen LogP contribution in [-0.2, 0) is 17.8 Å². The first-order valence-corrected chi connectivity index (χ1v) is 9.03. The lowest BCUT2D eigenvalue weighted by molar-refractivity contribution is -0.184. The van der Waals surface area contributed by atoms with Crippen LogP contribution in [0.25, 0.3) is 0 Å². The summed E-state index contributed by atoms with van der Waals surface area (Å²) in [5.74, 6) is 0. The Kier molecular flexibility index (Phi) is 2.38. The van der Waals surface area contributed by atoms with Crippen LogP contribution in [0.15, 0.2) is 24.3 Å². The molecule has 7 nitrogen and oxygen atoms in total. The van der Waals surface area contributed by atoms with Crippen LogP contribution in [0.5, 0.6) is 0 Å². The minimum atomic E-state index is -0.570. The Balaban J connectivity index is 1.64. The van der Waals surface area contributed by atoms with E-state index < -0.39 is 11.3 Å². The van der Waals surface area contributed by atoms with Crippen LogP contribution in [0.1, 0.15) is 36.8 Å². The molecule has 0 radical (unpaired) electrons. The Morgan fingerprint density at radius 1 is 0.760 bits per heavy atom. The van der Waals surface area contributed by atoms with E-state index in [-0.39, 0.29) is 25.5 Å². The molecule has 1 aromatic carbocycles. The fourth-order valence-electron chi connectivity index (χ4n) is 5.91. The van der Waals surface area contributed by atoms with Crippen molar-refractivity contribution in [2.75, 3.05) is 13.5 Å². The molecule has 1 saturated carbocycles. The molecule has 1 aliphatic carbocycles. The van der Waals surface area contributed by atoms with Gasteiger partial charge in [0.05, 0.1) is 13.1 Å². The number of hydrogen-bond donors (Lipinski definition) is 0. The van der Waals surface area contributed by atoms with Crippen LogP contribution in [0.2, 0.25) is 0 Å². The highest BCUT2D eigenvalue weighted by molar-refractivity contribution is 5.89. The van der Waals surface area contributed by atoms with Gasteiger partial charge in [-0.3, -0.25) is 19.6 Å². The van der Waals surface area contributed by atoms with Crippen molar-refractivity contribution in [1.82, 2.24) is 19.6 Å². The third-order valence-electron chi connectivity index (χ3n) is 6.87. The second kappa shape index (κ2) is 4.27. The number of rotatable bonds is 0. The maximum absolute atomic E-state index is 13.4. The van der Waals surface area contributed by atoms with Gasteiger partial charge in [0.25, 0.3) is 0 Å². The van der Waals surface area contributed by atoms with Gasteiger partial charge < -0.3 is 4.74 Å². The summed E-state index contributed by atoms with van der Waals surface area (Å²) in [6.07, 6.45) is 3.74. The Morgan fingerprint density at radius 2 is 1.24 bits per heavy atom. The number of carbonyl (C=O) groups excluding carboxylic acids is 2. The molecule has 1 aromatic rings. The van der Waals surface area contributed by atoms with Gasteiger partial charge in [-0.15, -0.1) is 0 Å². The van der Waals surface area contributed by atoms with Crippen LogP contribution in [0.4, 0.5) is 9.59 Å². The van der Waals surface area contributed by atoms with E-state index in [1.165, 1.54) is 0 Å². The summed E-state index contributed by atoms with van der Waals surface area (Å²) < 4.78 is 5.63. The van der Waals surface area contributed by atoms with Gasteiger partial charge in [-0.25, -0.2) is 9.59 Å². The molecule has 4 amide bonds. The van der Waals surface area contributed by atoms with Crippen molar-refractivity contribution >= 4 is 12.1 Å². The summed E-state index contributed by atoms with van der Waals surface area (Å²) in [5, 5.41) is 0. The van der Waals surface area contributed by atoms with Crippen molar-refractivity contribution in [3.63, 3.8) is 0 Å². The zero-order chi connectivity index (χ0) is 16.8. The third-order valence-corrected chi connectivity index (χ3v) is 6.87. The van der Waals surface area contributed by atoms with E-state index in [4.69, 9.17) is 4.74 Å². The van der Waals surface area contributed by atoms with Crippen molar-refractivity contribution in [2.45, 2.75) is 50.1 Å². The van der Waals surface area contributed by atoms with E-state index in [0.29, 0.717) is 13.1 Å². The van der Waals surface area contributed by atoms with E-state index in [9.17, 15) is 9.59 Å². The van der Waals surface area contributed by atoms with E-state index in [1.807, 2.05) is 31.7 Å². The van der Waals surface area contributed by atoms with E-state index in [0.717, 1.165) is 36.8 Å². The number of hydrogen-bond acceptors (Lipinski definition) is 3. The Bertz CT molecular complexity index is 756. The molecule has 0 atom stereocenters. The smallest absolute Gasteiger partial charge is 0.326 e. The predicted molar refractivity (Wildman–Crippen MR) is 86.7 cm³/mol. The number of carbonyl (C=O) groups is 2. The van der Waals surface area contributed by atoms with Crippen molar-refractivity contribution < 1.29 is 14.3 Å². The first-order valence-electron chi connectivity index (χ1n) is 9.03. The molecular formula is C18H20N4O3. The molecule has 3 saturated heterocycles. The third kappa shape index (κ3) is 1.30. The highest BCUT2D eigenvalue weighted by Crippen LogP contribution is 2.60. The van der Waals surface area contributed by atoms with Gasteiger partial charge in [-0.1, -0.05) is 24.3 Å². The monoisotopic (exact) mass is 340 g/mol. The van der Waals surface area contributed by atoms with Crippen molar-refractivity contribution in [2.24, 2.45) is 0 Å². The molecule has 5 aliphatic rings. The highest BCUT2D eigenvalue weighted by Gasteiger charge is 2.79. The predicted octanol–water partition coefficient (Wildman–Crippen LogP) is 2.09. The number of ether oxygens (including phenoxy) is 1. The van der Waals surface area contributed by atoms with E-state index in [1.54, 1.807) is 0 Å². The van der Waals surface area contributed by atoms with Crippen molar-refractivity contribution in [3.8, 4) is 0 Å². The second-order valence-electron chi connectivity index (χ2n) is 7.66. The Hall–Kier alpha value is -2.28. The molecule has 0 N–H and O–H groups in total. The summed E-state index contributed by atoms with van der Waals surface area (Å²) in [7, 11) is 0. The van der Waals surface area contributed by atoms with Gasteiger partial charge in [0, 0.05) is 0 Å². The lowest BCUT2D eigenvalue weighted by Gasteiger charge is -2.53. The first kappa shape index (κ1) is 13.9. The summed E-state index contributed by atoms with van der Waals surface area (Å²) in [4.78, 5) is 34.3. The summed E-state index contributed by atoms with van der Waals surface area (Å²) in [6.45, 7) is 1.67.